The molecule has 0 aliphatic heterocycles. The first-order valence-corrected chi connectivity index (χ1v) is 7.82. The predicted molar refractivity (Wildman–Crippen MR) is 91.4 cm³/mol. The Morgan fingerprint density at radius 2 is 1.95 bits per heavy atom. The van der Waals surface area contributed by atoms with Crippen LogP contribution < -0.4 is 5.32 Å². The van der Waals surface area contributed by atoms with E-state index in [-0.39, 0.29) is 11.8 Å². The number of carbonyl (C=O) groups is 1. The van der Waals surface area contributed by atoms with Crippen LogP contribution in [-0.2, 0) is 0 Å². The Kier molecular flexibility index (Phi) is 5.43. The van der Waals surface area contributed by atoms with E-state index >= 15 is 0 Å². The molecule has 0 saturated carbocycles. The summed E-state index contributed by atoms with van der Waals surface area (Å²) in [6.45, 7) is 2.70. The summed E-state index contributed by atoms with van der Waals surface area (Å²) in [5.74, 6) is 0.186. The second-order valence-electron chi connectivity index (χ2n) is 4.65. The average Bonchev–Trinajstić information content (AvgIpc) is 2.48. The minimum absolute atomic E-state index is 0.0916. The molecule has 0 fully saturated rings. The quantitative estimate of drug-likeness (QED) is 0.755. The van der Waals surface area contributed by atoms with Crippen molar-refractivity contribution in [2.24, 2.45) is 0 Å². The number of rotatable bonds is 4. The van der Waals surface area contributed by atoms with Gasteiger partial charge in [-0.1, -0.05) is 48.9 Å². The lowest BCUT2D eigenvalue weighted by molar-refractivity contribution is 0.0951. The van der Waals surface area contributed by atoms with Crippen molar-refractivity contribution in [1.29, 1.82) is 0 Å². The minimum atomic E-state index is -0.0916. The summed E-state index contributed by atoms with van der Waals surface area (Å²) in [4.78, 5) is 12.1. The second kappa shape index (κ2) is 7.09. The third-order valence-electron chi connectivity index (χ3n) is 3.12. The largest absolute Gasteiger partial charge is 0.351 e. The highest BCUT2D eigenvalue weighted by molar-refractivity contribution is 14.1. The number of carbonyl (C=O) groups excluding carboxylic acids is 1. The Labute approximate surface area is 137 Å². The van der Waals surface area contributed by atoms with Gasteiger partial charge >= 0.3 is 0 Å². The van der Waals surface area contributed by atoms with Crippen molar-refractivity contribution in [3.63, 3.8) is 0 Å². The molecule has 1 amide bonds. The lowest BCUT2D eigenvalue weighted by Crippen LogP contribution is -2.27. The van der Waals surface area contributed by atoms with Crippen molar-refractivity contribution in [3.8, 4) is 0 Å². The Balaban J connectivity index is 1.97. The monoisotopic (exact) mass is 399 g/mol. The van der Waals surface area contributed by atoms with Crippen LogP contribution in [0.2, 0.25) is 5.02 Å². The lowest BCUT2D eigenvalue weighted by atomic mass is 10.0. The van der Waals surface area contributed by atoms with Crippen molar-refractivity contribution in [1.82, 2.24) is 5.32 Å². The van der Waals surface area contributed by atoms with E-state index in [1.54, 1.807) is 12.1 Å². The number of amides is 1. The number of hydrogen-bond acceptors (Lipinski definition) is 1. The summed E-state index contributed by atoms with van der Waals surface area (Å²) in [6.07, 6.45) is 0. The van der Waals surface area contributed by atoms with E-state index in [2.05, 4.69) is 47.0 Å². The van der Waals surface area contributed by atoms with E-state index in [4.69, 9.17) is 11.6 Å². The molecule has 0 saturated heterocycles. The van der Waals surface area contributed by atoms with E-state index in [1.165, 1.54) is 5.56 Å². The van der Waals surface area contributed by atoms with Gasteiger partial charge < -0.3 is 5.32 Å². The Morgan fingerprint density at radius 3 is 2.60 bits per heavy atom. The smallest absolute Gasteiger partial charge is 0.251 e. The zero-order valence-corrected chi connectivity index (χ0v) is 14.0. The minimum Gasteiger partial charge on any atom is -0.351 e. The molecule has 104 valence electrons. The molecule has 0 aliphatic rings. The summed E-state index contributed by atoms with van der Waals surface area (Å²) in [6, 6.07) is 15.5. The molecule has 2 rings (SSSR count). The summed E-state index contributed by atoms with van der Waals surface area (Å²) >= 11 is 8.17. The fraction of sp³-hybridized carbons (Fsp3) is 0.188. The maximum atomic E-state index is 12.1. The average molecular weight is 400 g/mol. The molecule has 2 aromatic rings. The molecule has 2 aromatic carbocycles. The molecule has 0 heterocycles. The first-order valence-electron chi connectivity index (χ1n) is 6.36. The van der Waals surface area contributed by atoms with Gasteiger partial charge in [-0.25, -0.2) is 0 Å². The van der Waals surface area contributed by atoms with Crippen molar-refractivity contribution < 1.29 is 4.79 Å². The molecule has 1 N–H and O–H groups in total. The zero-order chi connectivity index (χ0) is 14.5. The fourth-order valence-electron chi connectivity index (χ4n) is 1.88. The van der Waals surface area contributed by atoms with E-state index in [0.29, 0.717) is 17.1 Å². The van der Waals surface area contributed by atoms with Gasteiger partial charge in [0, 0.05) is 15.7 Å². The van der Waals surface area contributed by atoms with Crippen LogP contribution in [-0.4, -0.2) is 12.5 Å². The zero-order valence-electron chi connectivity index (χ0n) is 11.1. The maximum Gasteiger partial charge on any atom is 0.251 e. The van der Waals surface area contributed by atoms with Gasteiger partial charge in [-0.05, 0) is 52.3 Å². The first kappa shape index (κ1) is 15.3. The van der Waals surface area contributed by atoms with Crippen LogP contribution in [0.3, 0.4) is 0 Å². The van der Waals surface area contributed by atoms with Gasteiger partial charge in [0.1, 0.15) is 0 Å². The molecule has 0 bridgehead atoms. The summed E-state index contributed by atoms with van der Waals surface area (Å²) in [5.41, 5.74) is 1.81. The second-order valence-corrected chi connectivity index (χ2v) is 6.22. The molecule has 0 spiro atoms. The van der Waals surface area contributed by atoms with Crippen LogP contribution in [0.15, 0.2) is 48.5 Å². The molecule has 0 aliphatic carbocycles. The van der Waals surface area contributed by atoms with Crippen LogP contribution in [0.4, 0.5) is 0 Å². The molecule has 20 heavy (non-hydrogen) atoms. The van der Waals surface area contributed by atoms with E-state index in [0.717, 1.165) is 3.57 Å². The molecular weight excluding hydrogens is 385 g/mol. The summed E-state index contributed by atoms with van der Waals surface area (Å²) in [5, 5.41) is 3.55. The van der Waals surface area contributed by atoms with Gasteiger partial charge in [-0.2, -0.15) is 0 Å². The van der Waals surface area contributed by atoms with E-state index in [9.17, 15) is 4.79 Å². The Bertz CT molecular complexity index is 601. The van der Waals surface area contributed by atoms with E-state index in [1.807, 2.05) is 24.3 Å². The van der Waals surface area contributed by atoms with Gasteiger partial charge in [0.15, 0.2) is 0 Å². The third-order valence-corrected chi connectivity index (χ3v) is 4.69. The maximum absolute atomic E-state index is 12.1. The first-order chi connectivity index (χ1) is 9.58. The third kappa shape index (κ3) is 3.96. The molecule has 0 radical (unpaired) electrons. The standard InChI is InChI=1S/C16H15ClINO/c1-11(12-5-3-2-4-6-12)10-19-16(20)13-7-8-15(18)14(17)9-13/h2-9,11H,10H2,1H3,(H,19,20). The highest BCUT2D eigenvalue weighted by Gasteiger charge is 2.10. The van der Waals surface area contributed by atoms with Crippen LogP contribution in [0.5, 0.6) is 0 Å². The predicted octanol–water partition coefficient (Wildman–Crippen LogP) is 4.48. The van der Waals surface area contributed by atoms with Gasteiger partial charge in [-0.3, -0.25) is 4.79 Å². The topological polar surface area (TPSA) is 29.1 Å². The van der Waals surface area contributed by atoms with Crippen LogP contribution in [0.1, 0.15) is 28.8 Å². The van der Waals surface area contributed by atoms with Gasteiger partial charge in [0.05, 0.1) is 5.02 Å². The van der Waals surface area contributed by atoms with Gasteiger partial charge in [-0.15, -0.1) is 0 Å². The van der Waals surface area contributed by atoms with E-state index < -0.39 is 0 Å². The van der Waals surface area contributed by atoms with Crippen molar-refractivity contribution in [3.05, 3.63) is 68.3 Å². The Hall–Kier alpha value is -1.07. The van der Waals surface area contributed by atoms with Crippen LogP contribution in [0.25, 0.3) is 0 Å². The van der Waals surface area contributed by atoms with Crippen molar-refractivity contribution >= 4 is 40.1 Å². The van der Waals surface area contributed by atoms with Crippen molar-refractivity contribution in [2.45, 2.75) is 12.8 Å². The van der Waals surface area contributed by atoms with Crippen LogP contribution >= 0.6 is 34.2 Å². The molecular formula is C16H15ClINO. The number of benzene rings is 2. The number of hydrogen-bond donors (Lipinski definition) is 1. The van der Waals surface area contributed by atoms with Crippen molar-refractivity contribution in [2.75, 3.05) is 6.54 Å². The normalized spacial score (nSPS) is 11.9. The molecule has 1 unspecified atom stereocenters. The molecule has 0 aromatic heterocycles. The van der Waals surface area contributed by atoms with Crippen LogP contribution in [0, 0.1) is 3.57 Å². The highest BCUT2D eigenvalue weighted by Crippen LogP contribution is 2.19. The molecule has 4 heteroatoms. The Morgan fingerprint density at radius 1 is 1.25 bits per heavy atom. The molecule has 2 nitrogen and oxygen atoms in total. The highest BCUT2D eigenvalue weighted by atomic mass is 127. The fourth-order valence-corrected chi connectivity index (χ4v) is 2.40. The SMILES string of the molecule is CC(CNC(=O)c1ccc(I)c(Cl)c1)c1ccccc1. The number of halogens is 2. The van der Waals surface area contributed by atoms with Gasteiger partial charge in [0.2, 0.25) is 0 Å². The lowest BCUT2D eigenvalue weighted by Gasteiger charge is -2.13. The summed E-state index contributed by atoms with van der Waals surface area (Å²) in [7, 11) is 0. The number of nitrogens with one attached hydrogen (secondary N) is 1. The molecule has 1 atom stereocenters. The van der Waals surface area contributed by atoms with Gasteiger partial charge in [0.25, 0.3) is 5.91 Å². The summed E-state index contributed by atoms with van der Waals surface area (Å²) < 4.78 is 0.943.